The average molecular weight is 326 g/mol. The number of anilines is 2. The fourth-order valence-corrected chi connectivity index (χ4v) is 3.52. The van der Waals surface area contributed by atoms with Crippen LogP contribution in [0.15, 0.2) is 0 Å². The van der Waals surface area contributed by atoms with Crippen molar-refractivity contribution in [3.8, 4) is 0 Å². The van der Waals surface area contributed by atoms with Crippen LogP contribution in [0, 0.1) is 0 Å². The summed E-state index contributed by atoms with van der Waals surface area (Å²) >= 11 is 6.18. The SMILES string of the molecule is CC1COC[C@@H](C)N1c1nc(Cl)nc(N2CCCC[C@H]2C)n1. The third-order valence-electron chi connectivity index (χ3n) is 4.54. The summed E-state index contributed by atoms with van der Waals surface area (Å²) in [4.78, 5) is 17.9. The van der Waals surface area contributed by atoms with E-state index in [9.17, 15) is 0 Å². The van der Waals surface area contributed by atoms with Crippen molar-refractivity contribution in [3.63, 3.8) is 0 Å². The smallest absolute Gasteiger partial charge is 0.232 e. The lowest BCUT2D eigenvalue weighted by molar-refractivity contribution is 0.0747. The highest BCUT2D eigenvalue weighted by atomic mass is 35.5. The number of rotatable bonds is 2. The van der Waals surface area contributed by atoms with Gasteiger partial charge in [-0.05, 0) is 51.6 Å². The van der Waals surface area contributed by atoms with Crippen molar-refractivity contribution in [1.29, 1.82) is 0 Å². The van der Waals surface area contributed by atoms with Crippen molar-refractivity contribution < 1.29 is 4.74 Å². The van der Waals surface area contributed by atoms with Crippen LogP contribution in [0.5, 0.6) is 0 Å². The lowest BCUT2D eigenvalue weighted by Crippen LogP contribution is -2.50. The molecule has 7 heteroatoms. The summed E-state index contributed by atoms with van der Waals surface area (Å²) in [5.41, 5.74) is 0. The van der Waals surface area contributed by atoms with Gasteiger partial charge in [0.25, 0.3) is 0 Å². The minimum atomic E-state index is 0.230. The first-order valence-corrected chi connectivity index (χ1v) is 8.48. The molecule has 0 radical (unpaired) electrons. The molecule has 2 fully saturated rings. The molecule has 0 bridgehead atoms. The molecule has 3 heterocycles. The molecule has 6 nitrogen and oxygen atoms in total. The number of nitrogens with zero attached hydrogens (tertiary/aromatic N) is 5. The van der Waals surface area contributed by atoms with Gasteiger partial charge in [0, 0.05) is 12.6 Å². The second-order valence-electron chi connectivity index (χ2n) is 6.39. The van der Waals surface area contributed by atoms with Gasteiger partial charge in [0.2, 0.25) is 17.2 Å². The molecular formula is C15H24ClN5O. The van der Waals surface area contributed by atoms with Gasteiger partial charge in [-0.25, -0.2) is 0 Å². The molecule has 1 aromatic heterocycles. The molecule has 0 amide bonds. The molecule has 3 atom stereocenters. The van der Waals surface area contributed by atoms with Crippen LogP contribution >= 0.6 is 11.6 Å². The van der Waals surface area contributed by atoms with E-state index in [0.29, 0.717) is 31.2 Å². The zero-order valence-electron chi connectivity index (χ0n) is 13.5. The summed E-state index contributed by atoms with van der Waals surface area (Å²) in [5, 5.41) is 0.267. The Kier molecular flexibility index (Phi) is 4.68. The maximum atomic E-state index is 6.18. The molecule has 2 aliphatic heterocycles. The lowest BCUT2D eigenvalue weighted by Gasteiger charge is -2.39. The lowest BCUT2D eigenvalue weighted by atomic mass is 10.0. The van der Waals surface area contributed by atoms with Gasteiger partial charge in [0.1, 0.15) is 0 Å². The molecule has 1 aromatic rings. The van der Waals surface area contributed by atoms with Gasteiger partial charge in [0.05, 0.1) is 25.3 Å². The first-order chi connectivity index (χ1) is 10.6. The summed E-state index contributed by atoms with van der Waals surface area (Å²) in [6.45, 7) is 8.81. The number of halogens is 1. The van der Waals surface area contributed by atoms with Gasteiger partial charge in [-0.15, -0.1) is 0 Å². The minimum absolute atomic E-state index is 0.230. The van der Waals surface area contributed by atoms with E-state index in [2.05, 4.69) is 40.5 Å². The highest BCUT2D eigenvalue weighted by molar-refractivity contribution is 6.28. The van der Waals surface area contributed by atoms with E-state index in [-0.39, 0.29) is 17.4 Å². The second kappa shape index (κ2) is 6.54. The first-order valence-electron chi connectivity index (χ1n) is 8.10. The van der Waals surface area contributed by atoms with Crippen LogP contribution in [0.3, 0.4) is 0 Å². The number of hydrogen-bond acceptors (Lipinski definition) is 6. The van der Waals surface area contributed by atoms with Crippen LogP contribution < -0.4 is 9.80 Å². The van der Waals surface area contributed by atoms with Crippen molar-refractivity contribution in [1.82, 2.24) is 15.0 Å². The van der Waals surface area contributed by atoms with Crippen LogP contribution in [0.4, 0.5) is 11.9 Å². The van der Waals surface area contributed by atoms with Crippen LogP contribution in [-0.4, -0.2) is 52.8 Å². The summed E-state index contributed by atoms with van der Waals surface area (Å²) in [6.07, 6.45) is 3.61. The van der Waals surface area contributed by atoms with E-state index in [4.69, 9.17) is 21.3 Å². The molecule has 3 rings (SSSR count). The standard InChI is InChI=1S/C15H24ClN5O/c1-10-6-4-5-7-20(10)14-17-13(16)18-15(19-14)21-11(2)8-22-9-12(21)3/h10-12H,4-9H2,1-3H3/t10-,11-,12?/m1/s1. The first kappa shape index (κ1) is 15.7. The zero-order chi connectivity index (χ0) is 15.7. The van der Waals surface area contributed by atoms with E-state index in [1.165, 1.54) is 19.3 Å². The van der Waals surface area contributed by atoms with Crippen LogP contribution in [0.1, 0.15) is 40.0 Å². The Morgan fingerprint density at radius 1 is 0.955 bits per heavy atom. The zero-order valence-corrected chi connectivity index (χ0v) is 14.3. The summed E-state index contributed by atoms with van der Waals surface area (Å²) in [7, 11) is 0. The highest BCUT2D eigenvalue weighted by Crippen LogP contribution is 2.26. The number of piperidine rings is 1. The van der Waals surface area contributed by atoms with Gasteiger partial charge < -0.3 is 14.5 Å². The maximum Gasteiger partial charge on any atom is 0.232 e. The van der Waals surface area contributed by atoms with Crippen LogP contribution in [0.2, 0.25) is 5.28 Å². The van der Waals surface area contributed by atoms with Crippen LogP contribution in [0.25, 0.3) is 0 Å². The maximum absolute atomic E-state index is 6.18. The third kappa shape index (κ3) is 3.13. The topological polar surface area (TPSA) is 54.4 Å². The molecule has 0 saturated carbocycles. The van der Waals surface area contributed by atoms with Crippen LogP contribution in [-0.2, 0) is 4.74 Å². The summed E-state index contributed by atoms with van der Waals surface area (Å²) < 4.78 is 5.58. The fourth-order valence-electron chi connectivity index (χ4n) is 3.37. The Morgan fingerprint density at radius 3 is 2.32 bits per heavy atom. The number of ether oxygens (including phenoxy) is 1. The molecule has 22 heavy (non-hydrogen) atoms. The quantitative estimate of drug-likeness (QED) is 0.833. The van der Waals surface area contributed by atoms with Gasteiger partial charge in [-0.3, -0.25) is 0 Å². The Bertz CT molecular complexity index is 519. The van der Waals surface area contributed by atoms with E-state index in [1.54, 1.807) is 0 Å². The molecular weight excluding hydrogens is 302 g/mol. The second-order valence-corrected chi connectivity index (χ2v) is 6.72. The highest BCUT2D eigenvalue weighted by Gasteiger charge is 2.30. The van der Waals surface area contributed by atoms with Crippen molar-refractivity contribution >= 4 is 23.5 Å². The van der Waals surface area contributed by atoms with E-state index in [1.807, 2.05) is 0 Å². The van der Waals surface area contributed by atoms with Gasteiger partial charge in [0.15, 0.2) is 0 Å². The molecule has 0 aliphatic carbocycles. The molecule has 122 valence electrons. The van der Waals surface area contributed by atoms with Crippen molar-refractivity contribution in [2.45, 2.75) is 58.2 Å². The fraction of sp³-hybridized carbons (Fsp3) is 0.800. The largest absolute Gasteiger partial charge is 0.377 e. The molecule has 0 aromatic carbocycles. The van der Waals surface area contributed by atoms with Crippen molar-refractivity contribution in [2.75, 3.05) is 29.6 Å². The van der Waals surface area contributed by atoms with Gasteiger partial charge in [-0.1, -0.05) is 0 Å². The molecule has 1 unspecified atom stereocenters. The van der Waals surface area contributed by atoms with Gasteiger partial charge >= 0.3 is 0 Å². The number of aromatic nitrogens is 3. The van der Waals surface area contributed by atoms with Crippen molar-refractivity contribution in [2.24, 2.45) is 0 Å². The Labute approximate surface area is 136 Å². The Balaban J connectivity index is 1.92. The Morgan fingerprint density at radius 2 is 1.64 bits per heavy atom. The molecule has 2 saturated heterocycles. The minimum Gasteiger partial charge on any atom is -0.377 e. The summed E-state index contributed by atoms with van der Waals surface area (Å²) in [5.74, 6) is 1.36. The van der Waals surface area contributed by atoms with Crippen molar-refractivity contribution in [3.05, 3.63) is 5.28 Å². The third-order valence-corrected chi connectivity index (χ3v) is 4.71. The number of hydrogen-bond donors (Lipinski definition) is 0. The molecule has 0 spiro atoms. The van der Waals surface area contributed by atoms with E-state index in [0.717, 1.165) is 6.54 Å². The van der Waals surface area contributed by atoms with E-state index >= 15 is 0 Å². The molecule has 0 N–H and O–H groups in total. The predicted molar refractivity (Wildman–Crippen MR) is 87.7 cm³/mol. The normalized spacial score (nSPS) is 29.7. The number of morpholine rings is 1. The predicted octanol–water partition coefficient (Wildman–Crippen LogP) is 2.52. The monoisotopic (exact) mass is 325 g/mol. The Hall–Kier alpha value is -1.14. The van der Waals surface area contributed by atoms with Gasteiger partial charge in [-0.2, -0.15) is 15.0 Å². The average Bonchev–Trinajstić information content (AvgIpc) is 2.47. The van der Waals surface area contributed by atoms with E-state index < -0.39 is 0 Å². The summed E-state index contributed by atoms with van der Waals surface area (Å²) in [6, 6.07) is 0.905. The molecule has 2 aliphatic rings.